The molecule has 4 aromatic rings. The second kappa shape index (κ2) is 7.48. The van der Waals surface area contributed by atoms with E-state index in [1.54, 1.807) is 29.5 Å². The number of para-hydroxylation sites is 2. The largest absolute Gasteiger partial charge is 0.338 e. The second-order valence-electron chi connectivity index (χ2n) is 5.75. The van der Waals surface area contributed by atoms with Crippen molar-refractivity contribution >= 4 is 61.8 Å². The number of hydrazine groups is 1. The molecule has 0 spiro atoms. The molecule has 136 valence electrons. The molecule has 0 radical (unpaired) electrons. The number of nitrogens with two attached hydrogens (primary N) is 1. The van der Waals surface area contributed by atoms with Gasteiger partial charge in [0.1, 0.15) is 12.2 Å². The van der Waals surface area contributed by atoms with Gasteiger partial charge in [0.05, 0.1) is 16.2 Å². The fourth-order valence-electron chi connectivity index (χ4n) is 2.91. The number of nitrogens with zero attached hydrogens (tertiary/aromatic N) is 2. The van der Waals surface area contributed by atoms with Crippen molar-refractivity contribution in [3.63, 3.8) is 0 Å². The van der Waals surface area contributed by atoms with E-state index in [2.05, 4.69) is 15.7 Å². The van der Waals surface area contributed by atoms with Crippen molar-refractivity contribution in [1.82, 2.24) is 10.4 Å². The zero-order chi connectivity index (χ0) is 18.8. The van der Waals surface area contributed by atoms with Gasteiger partial charge in [0, 0.05) is 21.0 Å². The van der Waals surface area contributed by atoms with Crippen LogP contribution in [0.25, 0.3) is 21.0 Å². The highest BCUT2D eigenvalue weighted by Gasteiger charge is 2.17. The number of pyridine rings is 1. The lowest BCUT2D eigenvalue weighted by atomic mass is 10.1. The highest BCUT2D eigenvalue weighted by molar-refractivity contribution is 7.18. The number of fused-ring (bicyclic) bond motifs is 3. The van der Waals surface area contributed by atoms with Crippen molar-refractivity contribution in [1.29, 1.82) is 0 Å². The molecule has 4 N–H and O–H groups in total. The molecule has 0 bridgehead atoms. The van der Waals surface area contributed by atoms with E-state index < -0.39 is 6.30 Å². The van der Waals surface area contributed by atoms with Crippen LogP contribution in [0, 0.1) is 0 Å². The van der Waals surface area contributed by atoms with Crippen molar-refractivity contribution in [2.45, 2.75) is 6.30 Å². The highest BCUT2D eigenvalue weighted by atomic mass is 35.5. The number of thiophene rings is 1. The normalized spacial score (nSPS) is 12.7. The number of rotatable bonds is 5. The number of hydrogen-bond donors (Lipinski definition) is 3. The molecule has 0 aliphatic rings. The molecule has 2 aromatic carbocycles. The third-order valence-electron chi connectivity index (χ3n) is 4.12. The summed E-state index contributed by atoms with van der Waals surface area (Å²) in [6.45, 7) is 0. The predicted molar refractivity (Wildman–Crippen MR) is 112 cm³/mol. The van der Waals surface area contributed by atoms with Gasteiger partial charge in [-0.15, -0.1) is 11.3 Å². The average Bonchev–Trinajstić information content (AvgIpc) is 3.18. The molecule has 0 fully saturated rings. The zero-order valence-electron chi connectivity index (χ0n) is 14.0. The Morgan fingerprint density at radius 2 is 2.00 bits per heavy atom. The minimum absolute atomic E-state index is 0.372. The zero-order valence-corrected chi connectivity index (χ0v) is 15.6. The van der Waals surface area contributed by atoms with Crippen LogP contribution in [0.3, 0.4) is 0 Å². The topological polar surface area (TPSA) is 75.3 Å². The van der Waals surface area contributed by atoms with Crippen LogP contribution >= 0.6 is 22.9 Å². The summed E-state index contributed by atoms with van der Waals surface area (Å²) in [4.78, 5) is 8.47. The number of anilines is 2. The number of benzene rings is 2. The summed E-state index contributed by atoms with van der Waals surface area (Å²) >= 11 is 7.85. The summed E-state index contributed by atoms with van der Waals surface area (Å²) in [6.07, 6.45) is -0.460. The molecule has 0 aliphatic heterocycles. The first-order valence-corrected chi connectivity index (χ1v) is 9.38. The lowest BCUT2D eigenvalue weighted by Gasteiger charge is -2.13. The molecule has 0 saturated carbocycles. The Morgan fingerprint density at radius 1 is 1.15 bits per heavy atom. The molecule has 0 saturated heterocycles. The number of alkyl halides is 1. The Balaban J connectivity index is 1.92. The van der Waals surface area contributed by atoms with Gasteiger partial charge in [-0.2, -0.15) is 0 Å². The number of aromatic nitrogens is 1. The van der Waals surface area contributed by atoms with Gasteiger partial charge >= 0.3 is 0 Å². The molecule has 5 nitrogen and oxygen atoms in total. The molecule has 0 aliphatic carbocycles. The van der Waals surface area contributed by atoms with Gasteiger partial charge in [-0.1, -0.05) is 41.9 Å². The number of hydrogen-bond acceptors (Lipinski definition) is 5. The van der Waals surface area contributed by atoms with E-state index in [0.29, 0.717) is 21.9 Å². The van der Waals surface area contributed by atoms with Crippen LogP contribution in [0.1, 0.15) is 11.9 Å². The average molecular weight is 400 g/mol. The fourth-order valence-corrected chi connectivity index (χ4v) is 4.02. The number of nitrogens with one attached hydrogen (secondary N) is 2. The Bertz CT molecular complexity index is 1140. The Hall–Kier alpha value is -2.74. The molecule has 4 rings (SSSR count). The van der Waals surface area contributed by atoms with Crippen LogP contribution in [-0.4, -0.2) is 11.3 Å². The van der Waals surface area contributed by atoms with Crippen LogP contribution in [0.4, 0.5) is 15.9 Å². The number of aliphatic imine (C=N–C) groups is 1. The Morgan fingerprint density at radius 3 is 2.81 bits per heavy atom. The fraction of sp³-hybridized carbons (Fsp3) is 0.0526. The first-order chi connectivity index (χ1) is 13.2. The van der Waals surface area contributed by atoms with Crippen LogP contribution in [0.5, 0.6) is 0 Å². The molecule has 2 aromatic heterocycles. The van der Waals surface area contributed by atoms with Gasteiger partial charge in [-0.05, 0) is 23.6 Å². The molecule has 1 atom stereocenters. The first-order valence-electron chi connectivity index (χ1n) is 8.12. The smallest absolute Gasteiger partial charge is 0.219 e. The SMILES string of the molecule is NNC=NC(F)c1cccc2c1nc(Nc1ccccc1Cl)c1ccsc12. The van der Waals surface area contributed by atoms with E-state index in [0.717, 1.165) is 27.5 Å². The minimum Gasteiger partial charge on any atom is -0.338 e. The van der Waals surface area contributed by atoms with E-state index in [-0.39, 0.29) is 0 Å². The first kappa shape index (κ1) is 17.7. The molecule has 0 amide bonds. The van der Waals surface area contributed by atoms with Crippen LogP contribution in [-0.2, 0) is 0 Å². The third kappa shape index (κ3) is 3.32. The third-order valence-corrected chi connectivity index (χ3v) is 5.40. The van der Waals surface area contributed by atoms with Crippen molar-refractivity contribution in [2.75, 3.05) is 5.32 Å². The van der Waals surface area contributed by atoms with E-state index >= 15 is 0 Å². The molecular formula is C19H15ClFN5S. The second-order valence-corrected chi connectivity index (χ2v) is 7.08. The predicted octanol–water partition coefficient (Wildman–Crippen LogP) is 5.31. The van der Waals surface area contributed by atoms with E-state index in [1.807, 2.05) is 35.7 Å². The van der Waals surface area contributed by atoms with Gasteiger partial charge in [0.15, 0.2) is 0 Å². The molecule has 27 heavy (non-hydrogen) atoms. The number of halogens is 2. The standard InChI is InChI=1S/C19H15ClFN5S/c20-14-6-1-2-7-15(14)25-19-13-8-9-27-17(13)11-4-3-5-12(16(11)26-19)18(21)23-10-24-22/h1-10,18H,22H2,(H,23,24)(H,25,26). The van der Waals surface area contributed by atoms with Crippen LogP contribution in [0.2, 0.25) is 5.02 Å². The lowest BCUT2D eigenvalue weighted by Crippen LogP contribution is -2.19. The molecule has 2 heterocycles. The summed E-state index contributed by atoms with van der Waals surface area (Å²) in [7, 11) is 0. The van der Waals surface area contributed by atoms with Gasteiger partial charge in [-0.3, -0.25) is 0 Å². The van der Waals surface area contributed by atoms with Gasteiger partial charge < -0.3 is 10.7 Å². The van der Waals surface area contributed by atoms with Gasteiger partial charge in [-0.25, -0.2) is 20.2 Å². The molecule has 1 unspecified atom stereocenters. The molecular weight excluding hydrogens is 385 g/mol. The van der Waals surface area contributed by atoms with Crippen molar-refractivity contribution < 1.29 is 4.39 Å². The highest BCUT2D eigenvalue weighted by Crippen LogP contribution is 2.38. The summed E-state index contributed by atoms with van der Waals surface area (Å²) in [5.41, 5.74) is 3.87. The Kier molecular flexibility index (Phi) is 4.89. The maximum Gasteiger partial charge on any atom is 0.219 e. The summed E-state index contributed by atoms with van der Waals surface area (Å²) < 4.78 is 15.6. The van der Waals surface area contributed by atoms with Crippen LogP contribution in [0.15, 0.2) is 58.9 Å². The summed E-state index contributed by atoms with van der Waals surface area (Å²) in [5, 5.41) is 7.67. The monoisotopic (exact) mass is 399 g/mol. The van der Waals surface area contributed by atoms with Crippen molar-refractivity contribution in [2.24, 2.45) is 10.8 Å². The van der Waals surface area contributed by atoms with E-state index in [1.165, 1.54) is 0 Å². The molecule has 8 heteroatoms. The maximum absolute atomic E-state index is 14.6. The Labute approximate surface area is 163 Å². The summed E-state index contributed by atoms with van der Waals surface area (Å²) in [5.74, 6) is 5.77. The lowest BCUT2D eigenvalue weighted by molar-refractivity contribution is 0.361. The van der Waals surface area contributed by atoms with E-state index in [9.17, 15) is 4.39 Å². The summed E-state index contributed by atoms with van der Waals surface area (Å²) in [6, 6.07) is 14.8. The quantitative estimate of drug-likeness (QED) is 0.140. The van der Waals surface area contributed by atoms with E-state index in [4.69, 9.17) is 22.4 Å². The van der Waals surface area contributed by atoms with Crippen LogP contribution < -0.4 is 16.6 Å². The van der Waals surface area contributed by atoms with Gasteiger partial charge in [0.25, 0.3) is 0 Å². The minimum atomic E-state index is -1.58. The van der Waals surface area contributed by atoms with Crippen molar-refractivity contribution in [3.8, 4) is 0 Å². The van der Waals surface area contributed by atoms with Gasteiger partial charge in [0.2, 0.25) is 6.30 Å². The van der Waals surface area contributed by atoms with Crippen molar-refractivity contribution in [3.05, 3.63) is 64.5 Å². The maximum atomic E-state index is 14.6.